The molecule has 0 aliphatic rings. The van der Waals surface area contributed by atoms with Crippen molar-refractivity contribution in [3.05, 3.63) is 23.8 Å². The lowest BCUT2D eigenvalue weighted by Crippen LogP contribution is -2.07. The van der Waals surface area contributed by atoms with Crippen LogP contribution < -0.4 is 4.74 Å². The van der Waals surface area contributed by atoms with E-state index in [1.54, 1.807) is 12.1 Å². The lowest BCUT2D eigenvalue weighted by Gasteiger charge is -2.11. The van der Waals surface area contributed by atoms with Gasteiger partial charge in [-0.25, -0.2) is 0 Å². The van der Waals surface area contributed by atoms with Crippen LogP contribution in [0.4, 0.5) is 0 Å². The number of aldehydes is 1. The summed E-state index contributed by atoms with van der Waals surface area (Å²) in [5.41, 5.74) is 0.765. The first-order chi connectivity index (χ1) is 7.22. The molecule has 1 rings (SSSR count). The number of carbonyl (C=O) groups is 1. The number of phenolic OH excluding ortho intramolecular Hbond substituents is 1. The Hall–Kier alpha value is -1.55. The Bertz CT molecular complexity index is 335. The highest BCUT2D eigenvalue weighted by Gasteiger charge is 2.12. The molecule has 0 aliphatic carbocycles. The molecule has 15 heavy (non-hydrogen) atoms. The minimum atomic E-state index is -0.329. The van der Waals surface area contributed by atoms with Crippen LogP contribution in [0.2, 0.25) is 0 Å². The molecule has 0 aliphatic heterocycles. The van der Waals surface area contributed by atoms with E-state index < -0.39 is 0 Å². The molecule has 1 aromatic rings. The van der Waals surface area contributed by atoms with Gasteiger partial charge < -0.3 is 19.4 Å². The van der Waals surface area contributed by atoms with E-state index in [2.05, 4.69) is 0 Å². The third kappa shape index (κ3) is 2.70. The minimum absolute atomic E-state index is 0.0586. The van der Waals surface area contributed by atoms with Gasteiger partial charge >= 0.3 is 0 Å². The molecule has 1 aromatic carbocycles. The van der Waals surface area contributed by atoms with Gasteiger partial charge in [0.25, 0.3) is 0 Å². The molecule has 0 saturated heterocycles. The highest BCUT2D eigenvalue weighted by Crippen LogP contribution is 2.29. The fourth-order valence-corrected chi connectivity index (χ4v) is 1.32. The average molecular weight is 210 g/mol. The fourth-order valence-electron chi connectivity index (χ4n) is 1.32. The smallest absolute Gasteiger partial charge is 0.160 e. The summed E-state index contributed by atoms with van der Waals surface area (Å²) >= 11 is 0. The first-order valence-electron chi connectivity index (χ1n) is 4.54. The molecule has 0 fully saturated rings. The number of carbonyl (C=O) groups excluding carboxylic acids is 1. The van der Waals surface area contributed by atoms with E-state index in [-0.39, 0.29) is 11.7 Å². The molecular formula is C11H14O4. The zero-order chi connectivity index (χ0) is 11.3. The van der Waals surface area contributed by atoms with Gasteiger partial charge in [-0.05, 0) is 17.7 Å². The van der Waals surface area contributed by atoms with Gasteiger partial charge in [-0.1, -0.05) is 6.07 Å². The number of hydrogen-bond acceptors (Lipinski definition) is 4. The molecule has 1 N–H and O–H groups in total. The Morgan fingerprint density at radius 3 is 2.73 bits per heavy atom. The first-order valence-corrected chi connectivity index (χ1v) is 4.54. The Kier molecular flexibility index (Phi) is 4.12. The van der Waals surface area contributed by atoms with Crippen LogP contribution in [-0.4, -0.2) is 32.2 Å². The third-order valence-electron chi connectivity index (χ3n) is 2.14. The molecule has 4 heteroatoms. The van der Waals surface area contributed by atoms with E-state index >= 15 is 0 Å². The molecule has 0 saturated carbocycles. The summed E-state index contributed by atoms with van der Waals surface area (Å²) in [5.74, 6) is 0.0864. The molecule has 0 aromatic heterocycles. The number of methoxy groups -OCH3 is 2. The number of hydrogen-bond donors (Lipinski definition) is 1. The van der Waals surface area contributed by atoms with Crippen molar-refractivity contribution < 1.29 is 19.4 Å². The number of ether oxygens (including phenoxy) is 2. The van der Waals surface area contributed by atoms with Crippen LogP contribution in [0, 0.1) is 0 Å². The van der Waals surface area contributed by atoms with Crippen molar-refractivity contribution in [3.63, 3.8) is 0 Å². The van der Waals surface area contributed by atoms with Crippen molar-refractivity contribution >= 4 is 6.29 Å². The Labute approximate surface area is 88.4 Å². The van der Waals surface area contributed by atoms with E-state index in [1.165, 1.54) is 20.3 Å². The normalized spacial score (nSPS) is 12.1. The molecule has 0 bridgehead atoms. The summed E-state index contributed by atoms with van der Waals surface area (Å²) in [4.78, 5) is 10.8. The molecule has 0 radical (unpaired) electrons. The second-order valence-corrected chi connectivity index (χ2v) is 3.13. The number of phenols is 1. The zero-order valence-corrected chi connectivity index (χ0v) is 8.77. The van der Waals surface area contributed by atoms with Crippen LogP contribution in [0.3, 0.4) is 0 Å². The van der Waals surface area contributed by atoms with Crippen molar-refractivity contribution in [1.82, 2.24) is 0 Å². The van der Waals surface area contributed by atoms with E-state index in [0.717, 1.165) is 11.8 Å². The monoisotopic (exact) mass is 210 g/mol. The quantitative estimate of drug-likeness (QED) is 0.745. The standard InChI is InChI=1S/C11H14O4/c1-14-7-9(6-12)8-3-4-10(13)11(5-8)15-2/h3-6,9,13H,7H2,1-2H3. The minimum Gasteiger partial charge on any atom is -0.504 e. The van der Waals surface area contributed by atoms with Gasteiger partial charge in [-0.3, -0.25) is 0 Å². The summed E-state index contributed by atoms with van der Waals surface area (Å²) in [5, 5.41) is 9.37. The van der Waals surface area contributed by atoms with E-state index in [9.17, 15) is 9.90 Å². The molecular weight excluding hydrogens is 196 g/mol. The van der Waals surface area contributed by atoms with Gasteiger partial charge in [0.15, 0.2) is 11.5 Å². The van der Waals surface area contributed by atoms with Crippen molar-refractivity contribution in [2.45, 2.75) is 5.92 Å². The topological polar surface area (TPSA) is 55.8 Å². The van der Waals surface area contributed by atoms with Crippen LogP contribution in [0.25, 0.3) is 0 Å². The lowest BCUT2D eigenvalue weighted by molar-refractivity contribution is -0.110. The number of benzene rings is 1. The van der Waals surface area contributed by atoms with Crippen molar-refractivity contribution in [2.24, 2.45) is 0 Å². The fraction of sp³-hybridized carbons (Fsp3) is 0.364. The van der Waals surface area contributed by atoms with Crippen LogP contribution >= 0.6 is 0 Å². The van der Waals surface area contributed by atoms with Crippen LogP contribution in [-0.2, 0) is 9.53 Å². The highest BCUT2D eigenvalue weighted by atomic mass is 16.5. The summed E-state index contributed by atoms with van der Waals surface area (Å²) < 4.78 is 9.87. The maximum Gasteiger partial charge on any atom is 0.160 e. The molecule has 1 unspecified atom stereocenters. The summed E-state index contributed by atoms with van der Waals surface area (Å²) in [6, 6.07) is 4.81. The van der Waals surface area contributed by atoms with Crippen molar-refractivity contribution in [1.29, 1.82) is 0 Å². The van der Waals surface area contributed by atoms with Crippen LogP contribution in [0.5, 0.6) is 11.5 Å². The maximum atomic E-state index is 10.8. The van der Waals surface area contributed by atoms with E-state index in [0.29, 0.717) is 12.4 Å². The van der Waals surface area contributed by atoms with E-state index in [1.807, 2.05) is 0 Å². The average Bonchev–Trinajstić information content (AvgIpc) is 2.27. The maximum absolute atomic E-state index is 10.8. The van der Waals surface area contributed by atoms with Gasteiger partial charge in [-0.2, -0.15) is 0 Å². The largest absolute Gasteiger partial charge is 0.504 e. The Balaban J connectivity index is 2.97. The molecule has 4 nitrogen and oxygen atoms in total. The second-order valence-electron chi connectivity index (χ2n) is 3.13. The molecule has 1 atom stereocenters. The van der Waals surface area contributed by atoms with Crippen molar-refractivity contribution in [2.75, 3.05) is 20.8 Å². The van der Waals surface area contributed by atoms with Gasteiger partial charge in [0.2, 0.25) is 0 Å². The van der Waals surface area contributed by atoms with Gasteiger partial charge in [0, 0.05) is 7.11 Å². The van der Waals surface area contributed by atoms with E-state index in [4.69, 9.17) is 9.47 Å². The molecule has 0 amide bonds. The molecule has 82 valence electrons. The Morgan fingerprint density at radius 1 is 1.47 bits per heavy atom. The van der Waals surface area contributed by atoms with Gasteiger partial charge in [0.1, 0.15) is 6.29 Å². The van der Waals surface area contributed by atoms with Gasteiger partial charge in [0.05, 0.1) is 19.6 Å². The van der Waals surface area contributed by atoms with Crippen LogP contribution in [0.1, 0.15) is 11.5 Å². The molecule has 0 spiro atoms. The lowest BCUT2D eigenvalue weighted by atomic mass is 10.0. The number of aromatic hydroxyl groups is 1. The highest BCUT2D eigenvalue weighted by molar-refractivity contribution is 5.63. The van der Waals surface area contributed by atoms with Crippen molar-refractivity contribution in [3.8, 4) is 11.5 Å². The first kappa shape index (κ1) is 11.5. The SMILES string of the molecule is COCC(C=O)c1ccc(O)c(OC)c1. The summed E-state index contributed by atoms with van der Waals surface area (Å²) in [7, 11) is 3.00. The third-order valence-corrected chi connectivity index (χ3v) is 2.14. The van der Waals surface area contributed by atoms with Crippen LogP contribution in [0.15, 0.2) is 18.2 Å². The number of rotatable bonds is 5. The summed E-state index contributed by atoms with van der Waals surface area (Å²) in [6.45, 7) is 0.317. The predicted molar refractivity (Wildman–Crippen MR) is 55.3 cm³/mol. The Morgan fingerprint density at radius 2 is 2.20 bits per heavy atom. The summed E-state index contributed by atoms with van der Waals surface area (Å²) in [6.07, 6.45) is 0.815. The predicted octanol–water partition coefficient (Wildman–Crippen LogP) is 1.33. The van der Waals surface area contributed by atoms with Gasteiger partial charge in [-0.15, -0.1) is 0 Å². The zero-order valence-electron chi connectivity index (χ0n) is 8.77. The molecule has 0 heterocycles. The second kappa shape index (κ2) is 5.36.